The third kappa shape index (κ3) is 3.02. The van der Waals surface area contributed by atoms with E-state index in [1.165, 1.54) is 11.1 Å². The maximum absolute atomic E-state index is 13.8. The van der Waals surface area contributed by atoms with E-state index in [4.69, 9.17) is 10.6 Å². The molecule has 2 N–H and O–H groups in total. The number of hydrogen-bond acceptors (Lipinski definition) is 6. The van der Waals surface area contributed by atoms with Crippen molar-refractivity contribution in [1.29, 1.82) is 0 Å². The second-order valence-corrected chi connectivity index (χ2v) is 6.23. The van der Waals surface area contributed by atoms with E-state index >= 15 is 0 Å². The molecular weight excluding hydrogens is 321 g/mol. The first-order chi connectivity index (χ1) is 12.2. The number of fused-ring (bicyclic) bond motifs is 1. The highest BCUT2D eigenvalue weighted by atomic mass is 19.1. The number of hydrazine groups is 1. The summed E-state index contributed by atoms with van der Waals surface area (Å²) in [5, 5.41) is 1.52. The minimum atomic E-state index is -0.338. The Bertz CT molecular complexity index is 797. The number of ether oxygens (including phenoxy) is 1. The van der Waals surface area contributed by atoms with Crippen LogP contribution >= 0.6 is 0 Å². The summed E-state index contributed by atoms with van der Waals surface area (Å²) >= 11 is 0. The Balaban J connectivity index is 1.55. The van der Waals surface area contributed by atoms with Crippen LogP contribution in [0.1, 0.15) is 18.4 Å². The summed E-state index contributed by atoms with van der Waals surface area (Å²) in [5.41, 5.74) is 1.02. The molecule has 2 aliphatic heterocycles. The van der Waals surface area contributed by atoms with Crippen LogP contribution in [-0.4, -0.2) is 29.2 Å². The molecular formula is C18H20FN5O. The summed E-state index contributed by atoms with van der Waals surface area (Å²) < 4.78 is 19.5. The van der Waals surface area contributed by atoms with E-state index in [0.29, 0.717) is 6.61 Å². The molecule has 0 aliphatic carbocycles. The molecule has 1 aromatic heterocycles. The zero-order valence-electron chi connectivity index (χ0n) is 13.8. The van der Waals surface area contributed by atoms with Gasteiger partial charge < -0.3 is 9.64 Å². The van der Waals surface area contributed by atoms with Gasteiger partial charge in [0, 0.05) is 18.3 Å². The van der Waals surface area contributed by atoms with Gasteiger partial charge in [-0.2, -0.15) is 0 Å². The molecule has 7 heteroatoms. The Labute approximate surface area is 145 Å². The lowest BCUT2D eigenvalue weighted by Gasteiger charge is -2.30. The van der Waals surface area contributed by atoms with Crippen LogP contribution in [0.4, 0.5) is 16.0 Å². The largest absolute Gasteiger partial charge is 0.488 e. The van der Waals surface area contributed by atoms with Gasteiger partial charge in [0.25, 0.3) is 0 Å². The van der Waals surface area contributed by atoms with Gasteiger partial charge in [-0.05, 0) is 31.4 Å². The van der Waals surface area contributed by atoms with Crippen molar-refractivity contribution in [2.24, 2.45) is 5.84 Å². The fourth-order valence-electron chi connectivity index (χ4n) is 3.44. The van der Waals surface area contributed by atoms with Crippen LogP contribution < -0.4 is 20.5 Å². The Morgan fingerprint density at radius 1 is 1.24 bits per heavy atom. The lowest BCUT2D eigenvalue weighted by molar-refractivity contribution is 0.275. The number of hydrogen-bond donors (Lipinski definition) is 1. The summed E-state index contributed by atoms with van der Waals surface area (Å²) in [6.07, 6.45) is 8.12. The first-order valence-corrected chi connectivity index (χ1v) is 8.42. The summed E-state index contributed by atoms with van der Waals surface area (Å²) in [6, 6.07) is 6.64. The molecule has 130 valence electrons. The van der Waals surface area contributed by atoms with Crippen molar-refractivity contribution >= 4 is 11.6 Å². The van der Waals surface area contributed by atoms with E-state index in [-0.39, 0.29) is 17.6 Å². The van der Waals surface area contributed by atoms with Gasteiger partial charge >= 0.3 is 0 Å². The summed E-state index contributed by atoms with van der Waals surface area (Å²) in [5.74, 6) is 7.54. The van der Waals surface area contributed by atoms with E-state index < -0.39 is 0 Å². The molecule has 1 fully saturated rings. The van der Waals surface area contributed by atoms with Gasteiger partial charge in [0.05, 0.1) is 6.04 Å². The molecule has 0 saturated carbocycles. The number of benzene rings is 1. The van der Waals surface area contributed by atoms with E-state index in [9.17, 15) is 4.39 Å². The van der Waals surface area contributed by atoms with Gasteiger partial charge in [-0.3, -0.25) is 5.01 Å². The van der Waals surface area contributed by atoms with Gasteiger partial charge in [0.1, 0.15) is 18.8 Å². The zero-order chi connectivity index (χ0) is 17.2. The van der Waals surface area contributed by atoms with E-state index in [1.54, 1.807) is 24.5 Å². The molecule has 25 heavy (non-hydrogen) atoms. The van der Waals surface area contributed by atoms with Crippen molar-refractivity contribution in [3.63, 3.8) is 0 Å². The molecule has 0 spiro atoms. The van der Waals surface area contributed by atoms with Crippen molar-refractivity contribution in [2.45, 2.75) is 25.3 Å². The Hall–Kier alpha value is -2.67. The highest BCUT2D eigenvalue weighted by molar-refractivity contribution is 5.63. The van der Waals surface area contributed by atoms with Crippen molar-refractivity contribution in [3.8, 4) is 5.75 Å². The lowest BCUT2D eigenvalue weighted by atomic mass is 10.1. The fraction of sp³-hybridized carbons (Fsp3) is 0.333. The van der Waals surface area contributed by atoms with Crippen LogP contribution in [0, 0.1) is 5.82 Å². The number of anilines is 2. The quantitative estimate of drug-likeness (QED) is 0.862. The Kier molecular flexibility index (Phi) is 4.23. The number of nitrogens with two attached hydrogens (primary N) is 1. The van der Waals surface area contributed by atoms with Gasteiger partial charge in [0.2, 0.25) is 0 Å². The second kappa shape index (κ2) is 6.68. The number of halogens is 1. The molecule has 1 atom stereocenters. The van der Waals surface area contributed by atoms with E-state index in [0.717, 1.165) is 43.0 Å². The molecule has 6 nitrogen and oxygen atoms in total. The lowest BCUT2D eigenvalue weighted by Crippen LogP contribution is -2.37. The molecule has 1 saturated heterocycles. The fourth-order valence-corrected chi connectivity index (χ4v) is 3.44. The molecule has 4 rings (SSSR count). The predicted octanol–water partition coefficient (Wildman–Crippen LogP) is 2.41. The molecule has 1 unspecified atom stereocenters. The van der Waals surface area contributed by atoms with Crippen LogP contribution in [0.2, 0.25) is 0 Å². The molecule has 0 radical (unpaired) electrons. The maximum atomic E-state index is 13.8. The molecule has 0 bridgehead atoms. The monoisotopic (exact) mass is 341 g/mol. The smallest absolute Gasteiger partial charge is 0.165 e. The molecule has 2 aliphatic rings. The minimum absolute atomic E-state index is 0.149. The van der Waals surface area contributed by atoms with Gasteiger partial charge in [-0.1, -0.05) is 18.2 Å². The molecule has 0 amide bonds. The average Bonchev–Trinajstić information content (AvgIpc) is 3.09. The van der Waals surface area contributed by atoms with Crippen molar-refractivity contribution in [3.05, 3.63) is 54.2 Å². The number of rotatable bonds is 4. The van der Waals surface area contributed by atoms with Crippen molar-refractivity contribution in [2.75, 3.05) is 23.1 Å². The summed E-state index contributed by atoms with van der Waals surface area (Å²) in [6.45, 7) is 1.31. The maximum Gasteiger partial charge on any atom is 0.165 e. The van der Waals surface area contributed by atoms with Crippen molar-refractivity contribution < 1.29 is 9.13 Å². The predicted molar refractivity (Wildman–Crippen MR) is 93.8 cm³/mol. The Morgan fingerprint density at radius 3 is 2.96 bits per heavy atom. The highest BCUT2D eigenvalue weighted by Gasteiger charge is 2.30. The van der Waals surface area contributed by atoms with E-state index in [2.05, 4.69) is 14.9 Å². The van der Waals surface area contributed by atoms with Crippen LogP contribution in [0.15, 0.2) is 42.9 Å². The van der Waals surface area contributed by atoms with E-state index in [1.807, 2.05) is 12.3 Å². The summed E-state index contributed by atoms with van der Waals surface area (Å²) in [4.78, 5) is 11.0. The highest BCUT2D eigenvalue weighted by Crippen LogP contribution is 2.33. The van der Waals surface area contributed by atoms with Gasteiger partial charge in [-0.15, -0.1) is 0 Å². The second-order valence-electron chi connectivity index (χ2n) is 6.23. The number of nitrogens with zero attached hydrogens (tertiary/aromatic N) is 4. The Morgan fingerprint density at radius 2 is 2.08 bits per heavy atom. The first kappa shape index (κ1) is 15.8. The number of allylic oxidation sites excluding steroid dienone is 1. The topological polar surface area (TPSA) is 67.5 Å². The molecule has 3 heterocycles. The van der Waals surface area contributed by atoms with Gasteiger partial charge in [0.15, 0.2) is 17.4 Å². The third-order valence-corrected chi connectivity index (χ3v) is 4.65. The molecule has 1 aromatic carbocycles. The van der Waals surface area contributed by atoms with Crippen LogP contribution in [0.5, 0.6) is 5.75 Å². The van der Waals surface area contributed by atoms with Crippen LogP contribution in [-0.2, 0) is 6.42 Å². The molecule has 2 aromatic rings. The summed E-state index contributed by atoms with van der Waals surface area (Å²) in [7, 11) is 0. The van der Waals surface area contributed by atoms with Crippen molar-refractivity contribution in [1.82, 2.24) is 9.97 Å². The number of aromatic nitrogens is 2. The van der Waals surface area contributed by atoms with Crippen LogP contribution in [0.3, 0.4) is 0 Å². The van der Waals surface area contributed by atoms with Gasteiger partial charge in [-0.25, -0.2) is 20.2 Å². The SMILES string of the molecule is NN1C=CCc2c1ncnc2N1CCCC1COc1ccccc1F. The number of para-hydroxylation sites is 1. The van der Waals surface area contributed by atoms with Crippen LogP contribution in [0.25, 0.3) is 0 Å². The average molecular weight is 341 g/mol. The third-order valence-electron chi connectivity index (χ3n) is 4.65. The normalized spacial score (nSPS) is 19.2. The zero-order valence-corrected chi connectivity index (χ0v) is 13.8. The minimum Gasteiger partial charge on any atom is -0.488 e. The first-order valence-electron chi connectivity index (χ1n) is 8.42. The standard InChI is InChI=1S/C18H20FN5O/c19-15-7-1-2-8-16(15)25-11-13-5-3-9-23(13)17-14-6-4-10-24(20)18(14)22-12-21-17/h1-2,4,7-8,10,12-13H,3,5-6,9,11,20H2.